The summed E-state index contributed by atoms with van der Waals surface area (Å²) in [6, 6.07) is 15.2. The Balaban J connectivity index is 1.11. The number of fused-ring (bicyclic) bond motifs is 3. The van der Waals surface area contributed by atoms with Crippen LogP contribution >= 0.6 is 0 Å². The highest BCUT2D eigenvalue weighted by molar-refractivity contribution is 5.86. The standard InChI is InChI=1S/C26H28N2O7/c29-16-10-23(25(31)32)28(12-16)24(30)15-9-17(34-13-15)11-27-26(33)35-14-22-20-7-3-1-5-18(20)19-6-2-4-8-21(19)22/h1-8,15-17,22-23,29H,9-14H2,(H,27,33)(H,31,32)/t15?,16-,17?,23-/m0/s1. The second kappa shape index (κ2) is 9.67. The third-order valence-electron chi connectivity index (χ3n) is 7.09. The summed E-state index contributed by atoms with van der Waals surface area (Å²) in [6.07, 6.45) is -1.38. The molecule has 2 unspecified atom stereocenters. The van der Waals surface area contributed by atoms with Gasteiger partial charge in [-0.2, -0.15) is 0 Å². The van der Waals surface area contributed by atoms with E-state index in [1.165, 1.54) is 4.90 Å². The van der Waals surface area contributed by atoms with Gasteiger partial charge >= 0.3 is 12.1 Å². The molecule has 2 amide bonds. The molecule has 35 heavy (non-hydrogen) atoms. The van der Waals surface area contributed by atoms with Crippen molar-refractivity contribution in [3.8, 4) is 11.1 Å². The van der Waals surface area contributed by atoms with Crippen LogP contribution in [0.15, 0.2) is 48.5 Å². The van der Waals surface area contributed by atoms with Gasteiger partial charge in [0.05, 0.1) is 24.7 Å². The number of nitrogens with one attached hydrogen (secondary N) is 1. The summed E-state index contributed by atoms with van der Waals surface area (Å²) in [5.41, 5.74) is 4.58. The van der Waals surface area contributed by atoms with Crippen molar-refractivity contribution >= 4 is 18.0 Å². The number of nitrogens with zero attached hydrogens (tertiary/aromatic N) is 1. The molecule has 2 aliphatic heterocycles. The Morgan fingerprint density at radius 3 is 2.34 bits per heavy atom. The van der Waals surface area contributed by atoms with E-state index in [2.05, 4.69) is 29.6 Å². The van der Waals surface area contributed by atoms with Crippen molar-refractivity contribution in [2.45, 2.75) is 37.0 Å². The second-order valence-corrected chi connectivity index (χ2v) is 9.33. The van der Waals surface area contributed by atoms with Gasteiger partial charge in [-0.25, -0.2) is 9.59 Å². The smallest absolute Gasteiger partial charge is 0.407 e. The van der Waals surface area contributed by atoms with Gasteiger partial charge in [0.25, 0.3) is 0 Å². The molecule has 0 aromatic heterocycles. The summed E-state index contributed by atoms with van der Waals surface area (Å²) in [6.45, 7) is 0.551. The van der Waals surface area contributed by atoms with Gasteiger partial charge in [-0.3, -0.25) is 4.79 Å². The minimum Gasteiger partial charge on any atom is -0.480 e. The largest absolute Gasteiger partial charge is 0.480 e. The minimum atomic E-state index is -1.12. The van der Waals surface area contributed by atoms with Crippen LogP contribution in [0.4, 0.5) is 4.79 Å². The van der Waals surface area contributed by atoms with Crippen LogP contribution in [0.5, 0.6) is 0 Å². The lowest BCUT2D eigenvalue weighted by Gasteiger charge is -2.23. The zero-order chi connectivity index (χ0) is 24.5. The van der Waals surface area contributed by atoms with Crippen LogP contribution in [0.25, 0.3) is 11.1 Å². The Hall–Kier alpha value is -3.43. The molecule has 0 radical (unpaired) electrons. The van der Waals surface area contributed by atoms with Crippen LogP contribution in [-0.4, -0.2) is 77.6 Å². The fraction of sp³-hybridized carbons (Fsp3) is 0.423. The maximum atomic E-state index is 12.8. The summed E-state index contributed by atoms with van der Waals surface area (Å²) in [5.74, 6) is -1.99. The number of amides is 2. The summed E-state index contributed by atoms with van der Waals surface area (Å²) < 4.78 is 11.2. The number of carbonyl (C=O) groups is 3. The molecule has 2 heterocycles. The lowest BCUT2D eigenvalue weighted by Crippen LogP contribution is -2.44. The van der Waals surface area contributed by atoms with Gasteiger partial charge in [0.2, 0.25) is 5.91 Å². The maximum Gasteiger partial charge on any atom is 0.407 e. The van der Waals surface area contributed by atoms with E-state index < -0.39 is 30.1 Å². The molecule has 2 fully saturated rings. The molecule has 9 heteroatoms. The Morgan fingerprint density at radius 2 is 1.69 bits per heavy atom. The Bertz CT molecular complexity index is 1090. The van der Waals surface area contributed by atoms with Gasteiger partial charge < -0.3 is 29.9 Å². The van der Waals surface area contributed by atoms with Crippen molar-refractivity contribution in [3.63, 3.8) is 0 Å². The number of aliphatic hydroxyl groups excluding tert-OH is 1. The zero-order valence-electron chi connectivity index (χ0n) is 19.1. The van der Waals surface area contributed by atoms with Gasteiger partial charge in [-0.05, 0) is 28.7 Å². The molecule has 9 nitrogen and oxygen atoms in total. The zero-order valence-corrected chi connectivity index (χ0v) is 19.1. The fourth-order valence-electron chi connectivity index (χ4n) is 5.39. The van der Waals surface area contributed by atoms with Crippen LogP contribution in [0.1, 0.15) is 29.9 Å². The van der Waals surface area contributed by atoms with E-state index in [1.807, 2.05) is 24.3 Å². The number of benzene rings is 2. The Kier molecular flexibility index (Phi) is 6.44. The lowest BCUT2D eigenvalue weighted by molar-refractivity contribution is -0.149. The number of ether oxygens (including phenoxy) is 2. The molecule has 4 atom stereocenters. The van der Waals surface area contributed by atoms with Crippen molar-refractivity contribution in [1.82, 2.24) is 10.2 Å². The molecule has 3 N–H and O–H groups in total. The van der Waals surface area contributed by atoms with Crippen molar-refractivity contribution in [2.24, 2.45) is 5.92 Å². The van der Waals surface area contributed by atoms with Crippen LogP contribution in [0.2, 0.25) is 0 Å². The predicted molar refractivity (Wildman–Crippen MR) is 125 cm³/mol. The van der Waals surface area contributed by atoms with Gasteiger partial charge in [-0.15, -0.1) is 0 Å². The highest BCUT2D eigenvalue weighted by Gasteiger charge is 2.43. The van der Waals surface area contributed by atoms with Gasteiger partial charge in [0.1, 0.15) is 12.6 Å². The molecule has 0 saturated carbocycles. The summed E-state index contributed by atoms with van der Waals surface area (Å²) in [5, 5.41) is 21.8. The highest BCUT2D eigenvalue weighted by Crippen LogP contribution is 2.44. The molecular formula is C26H28N2O7. The van der Waals surface area contributed by atoms with Crippen LogP contribution < -0.4 is 5.32 Å². The van der Waals surface area contributed by atoms with Crippen molar-refractivity contribution in [3.05, 3.63) is 59.7 Å². The summed E-state index contributed by atoms with van der Waals surface area (Å²) in [7, 11) is 0. The van der Waals surface area contributed by atoms with Gasteiger partial charge in [-0.1, -0.05) is 48.5 Å². The number of aliphatic carboxylic acids is 1. The number of aliphatic hydroxyl groups is 1. The van der Waals surface area contributed by atoms with E-state index in [1.54, 1.807) is 0 Å². The molecule has 0 spiro atoms. The third kappa shape index (κ3) is 4.61. The molecule has 0 bridgehead atoms. The average molecular weight is 481 g/mol. The van der Waals surface area contributed by atoms with Crippen molar-refractivity contribution in [1.29, 1.82) is 0 Å². The Labute approximate surface area is 202 Å². The number of likely N-dealkylation sites (tertiary alicyclic amines) is 1. The molecule has 2 aromatic rings. The van der Waals surface area contributed by atoms with E-state index in [-0.39, 0.29) is 50.7 Å². The molecule has 184 valence electrons. The van der Waals surface area contributed by atoms with E-state index in [0.717, 1.165) is 22.3 Å². The van der Waals surface area contributed by atoms with E-state index in [4.69, 9.17) is 9.47 Å². The molecule has 2 saturated heterocycles. The van der Waals surface area contributed by atoms with Crippen LogP contribution in [0, 0.1) is 5.92 Å². The third-order valence-corrected chi connectivity index (χ3v) is 7.09. The number of β-amino-alcohol motifs (C(OH)–C–C–N with tert-alkyl or cyclic N) is 1. The van der Waals surface area contributed by atoms with Crippen molar-refractivity contribution in [2.75, 3.05) is 26.3 Å². The van der Waals surface area contributed by atoms with Crippen molar-refractivity contribution < 1.29 is 34.1 Å². The minimum absolute atomic E-state index is 0.00890. The SMILES string of the molecule is O=C(NCC1CC(C(=O)N2C[C@@H](O)C[C@H]2C(=O)O)CO1)OCC1c2ccccc2-c2ccccc21. The van der Waals surface area contributed by atoms with Crippen LogP contribution in [-0.2, 0) is 19.1 Å². The first kappa shape index (κ1) is 23.3. The fourth-order valence-corrected chi connectivity index (χ4v) is 5.39. The number of hydrogen-bond acceptors (Lipinski definition) is 6. The average Bonchev–Trinajstić information content (AvgIpc) is 3.57. The first-order valence-electron chi connectivity index (χ1n) is 11.8. The number of hydrogen-bond donors (Lipinski definition) is 3. The Morgan fingerprint density at radius 1 is 1.03 bits per heavy atom. The summed E-state index contributed by atoms with van der Waals surface area (Å²) >= 11 is 0. The molecular weight excluding hydrogens is 452 g/mol. The monoisotopic (exact) mass is 480 g/mol. The number of alkyl carbamates (subject to hydrolysis) is 1. The van der Waals surface area contributed by atoms with E-state index >= 15 is 0 Å². The van der Waals surface area contributed by atoms with Crippen LogP contribution in [0.3, 0.4) is 0 Å². The normalized spacial score (nSPS) is 25.2. The molecule has 2 aromatic carbocycles. The number of carbonyl (C=O) groups excluding carboxylic acids is 2. The quantitative estimate of drug-likeness (QED) is 0.577. The number of rotatable bonds is 6. The van der Waals surface area contributed by atoms with Gasteiger partial charge in [0.15, 0.2) is 0 Å². The summed E-state index contributed by atoms with van der Waals surface area (Å²) in [4.78, 5) is 37.8. The first-order valence-corrected chi connectivity index (χ1v) is 11.8. The molecule has 5 rings (SSSR count). The van der Waals surface area contributed by atoms with E-state index in [0.29, 0.717) is 6.42 Å². The second-order valence-electron chi connectivity index (χ2n) is 9.33. The van der Waals surface area contributed by atoms with E-state index in [9.17, 15) is 24.6 Å². The molecule has 1 aliphatic carbocycles. The highest BCUT2D eigenvalue weighted by atomic mass is 16.5. The number of carboxylic acids is 1. The first-order chi connectivity index (χ1) is 16.9. The number of carboxylic acid groups (broad SMARTS) is 1. The van der Waals surface area contributed by atoms with Gasteiger partial charge in [0, 0.05) is 25.4 Å². The maximum absolute atomic E-state index is 12.8. The lowest BCUT2D eigenvalue weighted by atomic mass is 9.98. The molecule has 3 aliphatic rings. The predicted octanol–water partition coefficient (Wildman–Crippen LogP) is 1.98. The topological polar surface area (TPSA) is 125 Å².